The van der Waals surface area contributed by atoms with Crippen molar-refractivity contribution in [1.29, 1.82) is 0 Å². The molecule has 6 nitrogen and oxygen atoms in total. The van der Waals surface area contributed by atoms with E-state index < -0.39 is 0 Å². The molecular formula is C14H23N5O. The summed E-state index contributed by atoms with van der Waals surface area (Å²) >= 11 is 0. The van der Waals surface area contributed by atoms with Crippen molar-refractivity contribution in [2.75, 3.05) is 12.0 Å². The number of carbonyl (C=O) groups is 1. The molecule has 1 saturated heterocycles. The predicted molar refractivity (Wildman–Crippen MR) is 78.3 cm³/mol. The third kappa shape index (κ3) is 3.45. The summed E-state index contributed by atoms with van der Waals surface area (Å²) in [5.74, 6) is 0.491. The normalized spacial score (nSPS) is 23.4. The molecule has 1 aromatic heterocycles. The van der Waals surface area contributed by atoms with Crippen LogP contribution in [0, 0.1) is 0 Å². The van der Waals surface area contributed by atoms with Crippen LogP contribution in [0.1, 0.15) is 50.5 Å². The first-order valence-electron chi connectivity index (χ1n) is 7.28. The van der Waals surface area contributed by atoms with Gasteiger partial charge in [0.2, 0.25) is 0 Å². The Labute approximate surface area is 119 Å². The number of piperidine rings is 1. The third-order valence-electron chi connectivity index (χ3n) is 3.67. The molecule has 0 spiro atoms. The van der Waals surface area contributed by atoms with Crippen LogP contribution < -0.4 is 10.7 Å². The number of hydrogen-bond acceptors (Lipinski definition) is 5. The van der Waals surface area contributed by atoms with Gasteiger partial charge >= 0.3 is 0 Å². The smallest absolute Gasteiger partial charge is 0.271 e. The lowest BCUT2D eigenvalue weighted by Gasteiger charge is -2.38. The zero-order valence-corrected chi connectivity index (χ0v) is 12.4. The molecule has 110 valence electrons. The molecule has 0 aromatic carbocycles. The lowest BCUT2D eigenvalue weighted by atomic mass is 10.00. The maximum absolute atomic E-state index is 11.6. The highest BCUT2D eigenvalue weighted by Crippen LogP contribution is 2.22. The minimum atomic E-state index is -0.189. The number of aromatic nitrogens is 2. The fourth-order valence-electron chi connectivity index (χ4n) is 2.54. The molecule has 1 aliphatic rings. The molecule has 0 aliphatic carbocycles. The summed E-state index contributed by atoms with van der Waals surface area (Å²) in [6.07, 6.45) is 3.63. The highest BCUT2D eigenvalue weighted by Gasteiger charge is 2.25. The lowest BCUT2D eigenvalue weighted by molar-refractivity contribution is 0.0949. The highest BCUT2D eigenvalue weighted by atomic mass is 16.1. The molecule has 2 unspecified atom stereocenters. The maximum atomic E-state index is 11.6. The Morgan fingerprint density at radius 2 is 2.00 bits per heavy atom. The van der Waals surface area contributed by atoms with E-state index in [0.29, 0.717) is 30.1 Å². The second-order valence-electron chi connectivity index (χ2n) is 5.31. The van der Waals surface area contributed by atoms with E-state index in [-0.39, 0.29) is 5.91 Å². The van der Waals surface area contributed by atoms with Gasteiger partial charge in [-0.25, -0.2) is 5.01 Å². The number of nitrogens with one attached hydrogen (secondary N) is 2. The van der Waals surface area contributed by atoms with E-state index in [0.717, 1.165) is 0 Å². The predicted octanol–water partition coefficient (Wildman–Crippen LogP) is 1.82. The molecule has 0 saturated carbocycles. The zero-order valence-electron chi connectivity index (χ0n) is 12.4. The van der Waals surface area contributed by atoms with Crippen LogP contribution in [-0.2, 0) is 0 Å². The van der Waals surface area contributed by atoms with Crippen LogP contribution in [0.3, 0.4) is 0 Å². The molecule has 2 N–H and O–H groups in total. The van der Waals surface area contributed by atoms with Crippen LogP contribution in [0.25, 0.3) is 0 Å². The van der Waals surface area contributed by atoms with E-state index in [1.165, 1.54) is 19.3 Å². The summed E-state index contributed by atoms with van der Waals surface area (Å²) in [6.45, 7) is 6.88. The molecule has 2 rings (SSSR count). The van der Waals surface area contributed by atoms with Crippen LogP contribution in [0.15, 0.2) is 12.1 Å². The van der Waals surface area contributed by atoms with Gasteiger partial charge in [0.05, 0.1) is 0 Å². The number of hydrazine groups is 1. The van der Waals surface area contributed by atoms with Crippen molar-refractivity contribution in [2.24, 2.45) is 0 Å². The van der Waals surface area contributed by atoms with Crippen molar-refractivity contribution in [1.82, 2.24) is 20.5 Å². The molecule has 1 aliphatic heterocycles. The number of anilines is 1. The molecule has 6 heteroatoms. The number of hydrogen-bond donors (Lipinski definition) is 2. The number of amides is 1. The van der Waals surface area contributed by atoms with Crippen molar-refractivity contribution in [3.8, 4) is 0 Å². The van der Waals surface area contributed by atoms with E-state index in [1.807, 2.05) is 6.92 Å². The van der Waals surface area contributed by atoms with Crippen LogP contribution >= 0.6 is 0 Å². The van der Waals surface area contributed by atoms with Crippen LogP contribution in [0.2, 0.25) is 0 Å². The van der Waals surface area contributed by atoms with Gasteiger partial charge in [-0.2, -0.15) is 0 Å². The van der Waals surface area contributed by atoms with Crippen molar-refractivity contribution in [3.63, 3.8) is 0 Å². The first kappa shape index (κ1) is 14.7. The molecule has 1 aromatic rings. The Bertz CT molecular complexity index is 437. The van der Waals surface area contributed by atoms with E-state index >= 15 is 0 Å². The second kappa shape index (κ2) is 6.65. The number of nitrogens with zero attached hydrogens (tertiary/aromatic N) is 3. The number of rotatable bonds is 4. The van der Waals surface area contributed by atoms with Crippen molar-refractivity contribution < 1.29 is 4.79 Å². The molecule has 0 radical (unpaired) electrons. The first-order valence-corrected chi connectivity index (χ1v) is 7.28. The van der Waals surface area contributed by atoms with Gasteiger partial charge in [0, 0.05) is 18.6 Å². The minimum Gasteiger partial charge on any atom is -0.351 e. The van der Waals surface area contributed by atoms with Crippen molar-refractivity contribution >= 4 is 11.7 Å². The number of carbonyl (C=O) groups excluding carboxylic acids is 1. The molecule has 20 heavy (non-hydrogen) atoms. The van der Waals surface area contributed by atoms with Crippen molar-refractivity contribution in [2.45, 2.75) is 52.1 Å². The van der Waals surface area contributed by atoms with E-state index in [9.17, 15) is 4.79 Å². The largest absolute Gasteiger partial charge is 0.351 e. The fraction of sp³-hybridized carbons (Fsp3) is 0.643. The molecule has 1 fully saturated rings. The molecule has 2 atom stereocenters. The van der Waals surface area contributed by atoms with Gasteiger partial charge in [-0.05, 0) is 45.7 Å². The van der Waals surface area contributed by atoms with Gasteiger partial charge < -0.3 is 10.7 Å². The van der Waals surface area contributed by atoms with Gasteiger partial charge in [-0.3, -0.25) is 4.79 Å². The molecular weight excluding hydrogens is 254 g/mol. The SMILES string of the molecule is CCNC(=O)c1ccc(NN2C(C)CCCC2C)nn1. The Balaban J connectivity index is 2.01. The van der Waals surface area contributed by atoms with E-state index in [1.54, 1.807) is 12.1 Å². The minimum absolute atomic E-state index is 0.189. The topological polar surface area (TPSA) is 70.2 Å². The summed E-state index contributed by atoms with van der Waals surface area (Å²) in [7, 11) is 0. The molecule has 2 heterocycles. The Hall–Kier alpha value is -1.69. The Morgan fingerprint density at radius 1 is 1.30 bits per heavy atom. The molecule has 1 amide bonds. The Kier molecular flexibility index (Phi) is 4.89. The summed E-state index contributed by atoms with van der Waals surface area (Å²) < 4.78 is 0. The van der Waals surface area contributed by atoms with Gasteiger partial charge in [0.25, 0.3) is 5.91 Å². The van der Waals surface area contributed by atoms with Crippen LogP contribution in [0.5, 0.6) is 0 Å². The fourth-order valence-corrected chi connectivity index (χ4v) is 2.54. The lowest BCUT2D eigenvalue weighted by Crippen LogP contribution is -2.47. The first-order chi connectivity index (χ1) is 9.61. The summed E-state index contributed by atoms with van der Waals surface area (Å²) in [6, 6.07) is 4.44. The van der Waals surface area contributed by atoms with Gasteiger partial charge in [-0.1, -0.05) is 6.42 Å². The second-order valence-corrected chi connectivity index (χ2v) is 5.31. The zero-order chi connectivity index (χ0) is 14.5. The monoisotopic (exact) mass is 277 g/mol. The summed E-state index contributed by atoms with van der Waals surface area (Å²) in [5, 5.41) is 13.0. The third-order valence-corrected chi connectivity index (χ3v) is 3.67. The maximum Gasteiger partial charge on any atom is 0.271 e. The van der Waals surface area contributed by atoms with Crippen LogP contribution in [0.4, 0.5) is 5.82 Å². The van der Waals surface area contributed by atoms with Gasteiger partial charge in [0.1, 0.15) is 0 Å². The quantitative estimate of drug-likeness (QED) is 0.878. The standard InChI is InChI=1S/C14H23N5O/c1-4-15-14(20)12-8-9-13(17-16-12)18-19-10(2)6-5-7-11(19)3/h8-11H,4-7H2,1-3H3,(H,15,20)(H,17,18). The average Bonchev–Trinajstić information content (AvgIpc) is 2.44. The van der Waals surface area contributed by atoms with Gasteiger partial charge in [0.15, 0.2) is 11.5 Å². The van der Waals surface area contributed by atoms with Gasteiger partial charge in [-0.15, -0.1) is 10.2 Å². The highest BCUT2D eigenvalue weighted by molar-refractivity contribution is 5.92. The van der Waals surface area contributed by atoms with E-state index in [2.05, 4.69) is 39.8 Å². The van der Waals surface area contributed by atoms with Crippen molar-refractivity contribution in [3.05, 3.63) is 17.8 Å². The van der Waals surface area contributed by atoms with Crippen LogP contribution in [-0.4, -0.2) is 39.7 Å². The Morgan fingerprint density at radius 3 is 2.55 bits per heavy atom. The van der Waals surface area contributed by atoms with E-state index in [4.69, 9.17) is 0 Å². The summed E-state index contributed by atoms with van der Waals surface area (Å²) in [5.41, 5.74) is 3.65. The molecule has 0 bridgehead atoms. The summed E-state index contributed by atoms with van der Waals surface area (Å²) in [4.78, 5) is 11.6. The average molecular weight is 277 g/mol.